The number of alkyl carbamates (subject to hydrolysis) is 1. The molecule has 0 aliphatic rings. The summed E-state index contributed by atoms with van der Waals surface area (Å²) >= 11 is 0. The lowest BCUT2D eigenvalue weighted by atomic mass is 10.1. The quantitative estimate of drug-likeness (QED) is 0.399. The van der Waals surface area contributed by atoms with Crippen molar-refractivity contribution in [1.82, 2.24) is 30.5 Å². The van der Waals surface area contributed by atoms with Crippen molar-refractivity contribution in [2.24, 2.45) is 0 Å². The fourth-order valence-electron chi connectivity index (χ4n) is 3.34. The monoisotopic (exact) mass is 493 g/mol. The molecule has 1 N–H and O–H groups in total. The molecular weight excluding hydrogens is 462 g/mol. The summed E-state index contributed by atoms with van der Waals surface area (Å²) in [4.78, 5) is 16.7. The molecule has 0 spiro atoms. The highest BCUT2D eigenvalue weighted by molar-refractivity contribution is 5.68. The highest BCUT2D eigenvalue weighted by Gasteiger charge is 2.28. The number of hydrogen-bond donors (Lipinski definition) is 1. The molecule has 36 heavy (non-hydrogen) atoms. The molecule has 2 heterocycles. The van der Waals surface area contributed by atoms with E-state index in [2.05, 4.69) is 31.9 Å². The summed E-state index contributed by atoms with van der Waals surface area (Å²) in [6.07, 6.45) is 1.62. The van der Waals surface area contributed by atoms with Crippen molar-refractivity contribution in [3.8, 4) is 11.9 Å². The Morgan fingerprint density at radius 3 is 2.64 bits per heavy atom. The summed E-state index contributed by atoms with van der Waals surface area (Å²) in [5.41, 5.74) is 0.305. The van der Waals surface area contributed by atoms with Crippen LogP contribution in [-0.4, -0.2) is 50.1 Å². The van der Waals surface area contributed by atoms with E-state index in [-0.39, 0.29) is 19.1 Å². The minimum absolute atomic E-state index is 0.0955. The maximum atomic E-state index is 12.6. The van der Waals surface area contributed by atoms with Crippen molar-refractivity contribution in [3.63, 3.8) is 0 Å². The maximum absolute atomic E-state index is 12.6. The second-order valence-electron chi connectivity index (χ2n) is 9.00. The lowest BCUT2D eigenvalue weighted by Crippen LogP contribution is -2.38. The summed E-state index contributed by atoms with van der Waals surface area (Å²) in [6, 6.07) is 16.1. The van der Waals surface area contributed by atoms with Crippen molar-refractivity contribution in [1.29, 1.82) is 5.26 Å². The molecule has 0 aliphatic heterocycles. The number of rotatable bonds is 12. The predicted molar refractivity (Wildman–Crippen MR) is 130 cm³/mol. The van der Waals surface area contributed by atoms with Gasteiger partial charge >= 0.3 is 6.09 Å². The summed E-state index contributed by atoms with van der Waals surface area (Å²) in [6.45, 7) is 6.08. The van der Waals surface area contributed by atoms with Crippen LogP contribution in [0, 0.1) is 11.3 Å². The molecule has 0 bridgehead atoms. The van der Waals surface area contributed by atoms with E-state index < -0.39 is 17.7 Å². The molecule has 0 saturated carbocycles. The van der Waals surface area contributed by atoms with Gasteiger partial charge in [-0.05, 0) is 42.8 Å². The average Bonchev–Trinajstić information content (AvgIpc) is 3.33. The molecule has 11 nitrogen and oxygen atoms in total. The van der Waals surface area contributed by atoms with Gasteiger partial charge in [0.25, 0.3) is 0 Å². The predicted octanol–water partition coefficient (Wildman–Crippen LogP) is 3.77. The second kappa shape index (κ2) is 13.2. The third kappa shape index (κ3) is 8.63. The number of aromatic nitrogens is 5. The normalized spacial score (nSPS) is 12.8. The summed E-state index contributed by atoms with van der Waals surface area (Å²) in [7, 11) is 0. The third-order valence-corrected chi connectivity index (χ3v) is 4.93. The molecule has 0 saturated heterocycles. The van der Waals surface area contributed by atoms with Crippen LogP contribution in [0.2, 0.25) is 0 Å². The molecule has 1 aromatic carbocycles. The van der Waals surface area contributed by atoms with Gasteiger partial charge in [-0.1, -0.05) is 36.4 Å². The first-order chi connectivity index (χ1) is 17.4. The smallest absolute Gasteiger partial charge is 0.408 e. The number of tetrazole rings is 1. The SMILES string of the molecule is CC(C)(C)OC(=O)N[C@H](COCc1ccccc1)c1nnnn1[C@H](CC#N)CCOc1ccccn1. The van der Waals surface area contributed by atoms with Gasteiger partial charge in [-0.15, -0.1) is 5.10 Å². The van der Waals surface area contributed by atoms with Crippen LogP contribution >= 0.6 is 0 Å². The first-order valence-corrected chi connectivity index (χ1v) is 11.7. The van der Waals surface area contributed by atoms with Crippen LogP contribution < -0.4 is 10.1 Å². The summed E-state index contributed by atoms with van der Waals surface area (Å²) in [5.74, 6) is 0.843. The number of nitrogens with zero attached hydrogens (tertiary/aromatic N) is 6. The van der Waals surface area contributed by atoms with E-state index >= 15 is 0 Å². The Morgan fingerprint density at radius 1 is 1.17 bits per heavy atom. The molecular formula is C25H31N7O4. The van der Waals surface area contributed by atoms with Crippen molar-refractivity contribution >= 4 is 6.09 Å². The topological polar surface area (TPSA) is 137 Å². The maximum Gasteiger partial charge on any atom is 0.408 e. The third-order valence-electron chi connectivity index (χ3n) is 4.93. The Morgan fingerprint density at radius 2 is 1.94 bits per heavy atom. The Hall–Kier alpha value is -4.04. The number of nitrogens with one attached hydrogen (secondary N) is 1. The van der Waals surface area contributed by atoms with E-state index in [1.54, 1.807) is 43.8 Å². The van der Waals surface area contributed by atoms with E-state index in [1.165, 1.54) is 0 Å². The fraction of sp³-hybridized carbons (Fsp3) is 0.440. The standard InChI is InChI=1S/C25H31N7O4/c1-25(2,3)36-24(33)28-21(18-34-17-19-9-5-4-6-10-19)23-29-30-31-32(23)20(12-14-26)13-16-35-22-11-7-8-15-27-22/h4-11,15,20-21H,12-13,16-18H2,1-3H3,(H,28,33)/t20-,21-/m1/s1. The van der Waals surface area contributed by atoms with Gasteiger partial charge in [-0.2, -0.15) is 5.26 Å². The molecule has 190 valence electrons. The van der Waals surface area contributed by atoms with Crippen LogP contribution in [0.4, 0.5) is 4.79 Å². The Bertz CT molecular complexity index is 1110. The fourth-order valence-corrected chi connectivity index (χ4v) is 3.34. The van der Waals surface area contributed by atoms with Gasteiger partial charge in [-0.25, -0.2) is 14.5 Å². The van der Waals surface area contributed by atoms with E-state index in [4.69, 9.17) is 14.2 Å². The molecule has 3 aromatic rings. The number of benzene rings is 1. The number of carbonyl (C=O) groups is 1. The average molecular weight is 494 g/mol. The zero-order valence-electron chi connectivity index (χ0n) is 20.7. The highest BCUT2D eigenvalue weighted by Crippen LogP contribution is 2.21. The molecule has 0 unspecified atom stereocenters. The molecule has 0 radical (unpaired) electrons. The van der Waals surface area contributed by atoms with E-state index in [0.29, 0.717) is 31.3 Å². The summed E-state index contributed by atoms with van der Waals surface area (Å²) < 4.78 is 18.6. The van der Waals surface area contributed by atoms with E-state index in [9.17, 15) is 10.1 Å². The molecule has 1 amide bonds. The van der Waals surface area contributed by atoms with Crippen molar-refractivity contribution < 1.29 is 19.0 Å². The van der Waals surface area contributed by atoms with Gasteiger partial charge in [0.2, 0.25) is 5.88 Å². The molecule has 2 aromatic heterocycles. The molecule has 0 fully saturated rings. The molecule has 11 heteroatoms. The molecule has 3 rings (SSSR count). The number of pyridine rings is 1. The van der Waals surface area contributed by atoms with Crippen LogP contribution in [0.5, 0.6) is 5.88 Å². The summed E-state index contributed by atoms with van der Waals surface area (Å²) in [5, 5.41) is 24.3. The van der Waals surface area contributed by atoms with Crippen LogP contribution in [0.25, 0.3) is 0 Å². The highest BCUT2D eigenvalue weighted by atomic mass is 16.6. The van der Waals surface area contributed by atoms with Crippen molar-refractivity contribution in [2.45, 2.75) is 57.9 Å². The zero-order chi connectivity index (χ0) is 25.8. The first kappa shape index (κ1) is 26.6. The number of hydrogen-bond acceptors (Lipinski definition) is 9. The van der Waals surface area contributed by atoms with Crippen molar-refractivity contribution in [3.05, 3.63) is 66.1 Å². The second-order valence-corrected chi connectivity index (χ2v) is 9.00. The molecule has 0 aliphatic carbocycles. The van der Waals surface area contributed by atoms with Gasteiger partial charge in [-0.3, -0.25) is 0 Å². The van der Waals surface area contributed by atoms with Gasteiger partial charge < -0.3 is 19.5 Å². The lowest BCUT2D eigenvalue weighted by molar-refractivity contribution is 0.0414. The minimum atomic E-state index is -0.712. The van der Waals surface area contributed by atoms with Gasteiger partial charge in [0.05, 0.1) is 38.4 Å². The number of amides is 1. The Labute approximate surface area is 210 Å². The van der Waals surface area contributed by atoms with Crippen LogP contribution in [0.1, 0.15) is 57.1 Å². The zero-order valence-corrected chi connectivity index (χ0v) is 20.7. The van der Waals surface area contributed by atoms with Crippen LogP contribution in [0.15, 0.2) is 54.7 Å². The Balaban J connectivity index is 1.74. The van der Waals surface area contributed by atoms with E-state index in [1.807, 2.05) is 36.4 Å². The minimum Gasteiger partial charge on any atom is -0.478 e. The van der Waals surface area contributed by atoms with Gasteiger partial charge in [0.1, 0.15) is 11.6 Å². The number of carbonyl (C=O) groups excluding carboxylic acids is 1. The first-order valence-electron chi connectivity index (χ1n) is 11.7. The number of nitriles is 1. The van der Waals surface area contributed by atoms with Crippen LogP contribution in [0.3, 0.4) is 0 Å². The number of ether oxygens (including phenoxy) is 3. The van der Waals surface area contributed by atoms with E-state index in [0.717, 1.165) is 5.56 Å². The van der Waals surface area contributed by atoms with Gasteiger partial charge in [0, 0.05) is 18.7 Å². The largest absolute Gasteiger partial charge is 0.478 e. The Kier molecular flexibility index (Phi) is 9.71. The molecule has 2 atom stereocenters. The van der Waals surface area contributed by atoms with Crippen LogP contribution in [-0.2, 0) is 16.1 Å². The lowest BCUT2D eigenvalue weighted by Gasteiger charge is -2.24. The van der Waals surface area contributed by atoms with Crippen molar-refractivity contribution in [2.75, 3.05) is 13.2 Å². The van der Waals surface area contributed by atoms with Gasteiger partial charge in [0.15, 0.2) is 5.82 Å².